The predicted molar refractivity (Wildman–Crippen MR) is 588 cm³/mol. The maximum atomic E-state index is 5.10. The van der Waals surface area contributed by atoms with Gasteiger partial charge in [0.25, 0.3) is 0 Å². The van der Waals surface area contributed by atoms with E-state index in [4.69, 9.17) is 49.8 Å². The summed E-state index contributed by atoms with van der Waals surface area (Å²) in [6, 6.07) is 173. The predicted octanol–water partition coefficient (Wildman–Crippen LogP) is 34.5. The van der Waals surface area contributed by atoms with Crippen molar-refractivity contribution in [1.29, 1.82) is 0 Å². The first-order valence-electron chi connectivity index (χ1n) is 46.9. The Kier molecular flexibility index (Phi) is 23.5. The Morgan fingerprint density at radius 3 is 0.603 bits per heavy atom. The summed E-state index contributed by atoms with van der Waals surface area (Å²) in [5.74, 6) is 5.04. The summed E-state index contributed by atoms with van der Waals surface area (Å²) in [6.45, 7) is 0. The van der Waals surface area contributed by atoms with E-state index in [0.29, 0.717) is 34.9 Å². The Bertz CT molecular complexity index is 9030. The van der Waals surface area contributed by atoms with Crippen molar-refractivity contribution in [2.45, 2.75) is 0 Å². The molecule has 0 fully saturated rings. The lowest BCUT2D eigenvalue weighted by Gasteiger charge is -2.11. The normalized spacial score (nSPS) is 11.3. The van der Waals surface area contributed by atoms with Gasteiger partial charge >= 0.3 is 0 Å². The van der Waals surface area contributed by atoms with Crippen LogP contribution < -0.4 is 0 Å². The summed E-state index contributed by atoms with van der Waals surface area (Å²) >= 11 is 5.42. The minimum absolute atomic E-state index is 0.571. The zero-order valence-corrected chi connectivity index (χ0v) is 78.5. The smallest absolute Gasteiger partial charge is 0.164 e. The standard InChI is InChI=1S/C54H34N6S.C40H26N2S.C34H22N2S/c1-4-13-35(14-5-1)37-23-25-39(26-24-37)50-56-52(59-53(58-50)43-20-12-19-42(33-43)36-15-6-2-7-16-36)41-29-27-40(28-30-41)51-55-49(38-17-8-3-9-18-38)57-54(60-51)44-31-32-46-45-21-10-11-22-47(45)61-48(46)34-44;1-3-9-27(10-4-1)28-15-17-29(18-16-28)30-19-21-32(22-20-30)40-41-36(31-11-5-2-6-12-31)26-37(42-40)33-23-24-35-34-13-7-8-14-38(34)43-39(35)25-33;1-3-9-23(10-4-1)24-15-17-26(18-16-24)31-22-30(25-11-5-2-6-12-25)35-34(36-31)27-19-20-29-28-13-7-8-14-32(28)37-33(29)21-27/h1-34H;1-26H;1-22H. The van der Waals surface area contributed by atoms with Gasteiger partial charge in [0.2, 0.25) is 0 Å². The minimum Gasteiger partial charge on any atom is -0.228 e. The molecule has 0 saturated carbocycles. The number of hydrogen-bond donors (Lipinski definition) is 0. The third kappa shape index (κ3) is 18.3. The van der Waals surface area contributed by atoms with Crippen LogP contribution in [0.5, 0.6) is 0 Å². The van der Waals surface area contributed by atoms with Gasteiger partial charge in [0, 0.05) is 127 Å². The lowest BCUT2D eigenvalue weighted by Crippen LogP contribution is -2.01. The summed E-state index contributed by atoms with van der Waals surface area (Å²) in [7, 11) is 0. The molecule has 0 aliphatic carbocycles. The molecule has 10 nitrogen and oxygen atoms in total. The highest BCUT2D eigenvalue weighted by Gasteiger charge is 2.22. The average molecular weight is 1860 g/mol. The summed E-state index contributed by atoms with van der Waals surface area (Å²) in [6.07, 6.45) is 0. The maximum absolute atomic E-state index is 5.10. The van der Waals surface area contributed by atoms with Gasteiger partial charge in [0.05, 0.1) is 22.8 Å². The van der Waals surface area contributed by atoms with E-state index in [2.05, 4.69) is 406 Å². The van der Waals surface area contributed by atoms with Crippen LogP contribution >= 0.6 is 34.0 Å². The van der Waals surface area contributed by atoms with Gasteiger partial charge in [-0.05, 0) is 110 Å². The van der Waals surface area contributed by atoms with Crippen molar-refractivity contribution in [1.82, 2.24) is 49.8 Å². The molecule has 0 amide bonds. The number of rotatable bonds is 17. The first-order chi connectivity index (χ1) is 69.8. The molecule has 0 saturated heterocycles. The minimum atomic E-state index is 0.571. The Hall–Kier alpha value is -18.0. The zero-order chi connectivity index (χ0) is 93.7. The van der Waals surface area contributed by atoms with Crippen LogP contribution in [0, 0.1) is 0 Å². The Balaban J connectivity index is 0.000000119. The molecule has 26 rings (SSSR count). The summed E-state index contributed by atoms with van der Waals surface area (Å²) in [5.41, 5.74) is 27.1. The lowest BCUT2D eigenvalue weighted by molar-refractivity contribution is 1.07. The number of fused-ring (bicyclic) bond motifs is 9. The van der Waals surface area contributed by atoms with E-state index in [1.807, 2.05) is 114 Å². The summed E-state index contributed by atoms with van der Waals surface area (Å²) < 4.78 is 7.57. The summed E-state index contributed by atoms with van der Waals surface area (Å²) in [5, 5.41) is 7.66. The molecular formula is C128H82N10S3. The molecule has 141 heavy (non-hydrogen) atoms. The van der Waals surface area contributed by atoms with Crippen LogP contribution in [0.25, 0.3) is 252 Å². The SMILES string of the molecule is c1ccc(-c2ccc(-c3cc(-c4ccccc4)nc(-c4ccc5c(c4)sc4ccccc45)n3)cc2)cc1.c1ccc(-c2ccc(-c3ccc(-c4nc(-c5ccccc5)cc(-c5ccc6c(c5)sc5ccccc56)n4)cc3)cc2)cc1.c1ccc(-c2ccc(-c3nc(-c4ccc(-c5nc(-c6ccccc6)nc(-c6ccc7c(c6)sc6ccccc67)n5)cc4)nc(-c4cccc(-c5ccccc5)c4)n3)cc2)cc1. The molecule has 0 aliphatic heterocycles. The highest BCUT2D eigenvalue weighted by Crippen LogP contribution is 2.43. The number of aromatic nitrogens is 10. The molecule has 0 bridgehead atoms. The van der Waals surface area contributed by atoms with Crippen molar-refractivity contribution in [3.8, 4) is 192 Å². The van der Waals surface area contributed by atoms with E-state index in [1.165, 1.54) is 88.3 Å². The third-order valence-electron chi connectivity index (χ3n) is 25.5. The Labute approximate surface area is 827 Å². The topological polar surface area (TPSA) is 129 Å². The van der Waals surface area contributed by atoms with Crippen molar-refractivity contribution < 1.29 is 0 Å². The van der Waals surface area contributed by atoms with Gasteiger partial charge in [-0.1, -0.05) is 443 Å². The fourth-order valence-electron chi connectivity index (χ4n) is 18.1. The molecule has 0 radical (unpaired) electrons. The van der Waals surface area contributed by atoms with Crippen LogP contribution in [-0.2, 0) is 0 Å². The van der Waals surface area contributed by atoms with Gasteiger partial charge in [0.15, 0.2) is 46.6 Å². The highest BCUT2D eigenvalue weighted by atomic mass is 32.1. The van der Waals surface area contributed by atoms with Crippen LogP contribution in [0.2, 0.25) is 0 Å². The van der Waals surface area contributed by atoms with E-state index < -0.39 is 0 Å². The van der Waals surface area contributed by atoms with Gasteiger partial charge in [0.1, 0.15) is 0 Å². The van der Waals surface area contributed by atoms with E-state index in [1.54, 1.807) is 11.3 Å². The second kappa shape index (κ2) is 38.7. The monoisotopic (exact) mass is 1850 g/mol. The molecule has 7 heterocycles. The van der Waals surface area contributed by atoms with Gasteiger partial charge in [-0.2, -0.15) is 0 Å². The second-order valence-electron chi connectivity index (χ2n) is 34.5. The molecule has 13 heteroatoms. The van der Waals surface area contributed by atoms with E-state index in [-0.39, 0.29) is 0 Å². The van der Waals surface area contributed by atoms with E-state index in [9.17, 15) is 0 Å². The van der Waals surface area contributed by atoms with Crippen molar-refractivity contribution in [2.24, 2.45) is 0 Å². The molecule has 0 aliphatic rings. The molecular weight excluding hydrogens is 1770 g/mol. The van der Waals surface area contributed by atoms with Crippen molar-refractivity contribution in [3.05, 3.63) is 497 Å². The third-order valence-corrected chi connectivity index (χ3v) is 28.9. The molecule has 0 N–H and O–H groups in total. The first kappa shape index (κ1) is 85.9. The van der Waals surface area contributed by atoms with Gasteiger partial charge in [-0.25, -0.2) is 49.8 Å². The number of hydrogen-bond acceptors (Lipinski definition) is 13. The molecule has 26 aromatic rings. The fourth-order valence-corrected chi connectivity index (χ4v) is 21.6. The average Bonchev–Trinajstić information content (AvgIpc) is 0.884. The molecule has 0 unspecified atom stereocenters. The van der Waals surface area contributed by atoms with Crippen LogP contribution in [0.3, 0.4) is 0 Å². The van der Waals surface area contributed by atoms with Crippen LogP contribution in [0.1, 0.15) is 0 Å². The van der Waals surface area contributed by atoms with Crippen LogP contribution in [0.15, 0.2) is 497 Å². The largest absolute Gasteiger partial charge is 0.228 e. The van der Waals surface area contributed by atoms with E-state index in [0.717, 1.165) is 129 Å². The van der Waals surface area contributed by atoms with Gasteiger partial charge < -0.3 is 0 Å². The van der Waals surface area contributed by atoms with Gasteiger partial charge in [-0.3, -0.25) is 0 Å². The fraction of sp³-hybridized carbons (Fsp3) is 0. The van der Waals surface area contributed by atoms with Crippen molar-refractivity contribution >= 4 is 94.5 Å². The van der Waals surface area contributed by atoms with Crippen LogP contribution in [0.4, 0.5) is 0 Å². The summed E-state index contributed by atoms with van der Waals surface area (Å²) in [4.78, 5) is 50.5. The van der Waals surface area contributed by atoms with E-state index >= 15 is 0 Å². The Morgan fingerprint density at radius 2 is 0.277 bits per heavy atom. The molecule has 19 aromatic carbocycles. The van der Waals surface area contributed by atoms with Gasteiger partial charge in [-0.15, -0.1) is 34.0 Å². The number of nitrogens with zero attached hydrogens (tertiary/aromatic N) is 10. The molecule has 0 spiro atoms. The lowest BCUT2D eigenvalue weighted by atomic mass is 9.99. The molecule has 7 aromatic heterocycles. The molecule has 662 valence electrons. The van der Waals surface area contributed by atoms with Crippen molar-refractivity contribution in [3.63, 3.8) is 0 Å². The number of benzene rings is 19. The second-order valence-corrected chi connectivity index (χ2v) is 37.7. The quantitative estimate of drug-likeness (QED) is 0.0869. The highest BCUT2D eigenvalue weighted by molar-refractivity contribution is 7.26. The molecule has 0 atom stereocenters. The van der Waals surface area contributed by atoms with Crippen LogP contribution in [-0.4, -0.2) is 49.8 Å². The Morgan fingerprint density at radius 1 is 0.0993 bits per heavy atom. The first-order valence-corrected chi connectivity index (χ1v) is 49.3. The number of thiophene rings is 3. The zero-order valence-electron chi connectivity index (χ0n) is 76.0. The maximum Gasteiger partial charge on any atom is 0.164 e. The van der Waals surface area contributed by atoms with Crippen molar-refractivity contribution in [2.75, 3.05) is 0 Å².